The van der Waals surface area contributed by atoms with Crippen LogP contribution in [0.4, 0.5) is 0 Å². The first-order chi connectivity index (χ1) is 8.13. The minimum atomic E-state index is -0.266. The number of hydrogen-bond acceptors (Lipinski definition) is 4. The lowest BCUT2D eigenvalue weighted by molar-refractivity contribution is -0.122. The third-order valence-electron chi connectivity index (χ3n) is 2.24. The van der Waals surface area contributed by atoms with Gasteiger partial charge in [-0.15, -0.1) is 6.58 Å². The number of hydrogen-bond donors (Lipinski definition) is 2. The highest BCUT2D eigenvalue weighted by Crippen LogP contribution is 1.94. The van der Waals surface area contributed by atoms with Gasteiger partial charge in [0.05, 0.1) is 17.4 Å². The molecule has 0 aliphatic heterocycles. The van der Waals surface area contributed by atoms with Crippen LogP contribution in [0.5, 0.6) is 0 Å². The van der Waals surface area contributed by atoms with E-state index in [4.69, 9.17) is 0 Å². The maximum absolute atomic E-state index is 11.5. The van der Waals surface area contributed by atoms with Gasteiger partial charge < -0.3 is 10.6 Å². The zero-order chi connectivity index (χ0) is 12.7. The first-order valence-electron chi connectivity index (χ1n) is 5.53. The lowest BCUT2D eigenvalue weighted by Gasteiger charge is -2.12. The Morgan fingerprint density at radius 3 is 2.88 bits per heavy atom. The molecule has 0 fully saturated rings. The molecule has 92 valence electrons. The van der Waals surface area contributed by atoms with Crippen LogP contribution in [0, 0.1) is 6.92 Å². The van der Waals surface area contributed by atoms with Gasteiger partial charge in [0.25, 0.3) is 0 Å². The van der Waals surface area contributed by atoms with Gasteiger partial charge >= 0.3 is 0 Å². The summed E-state index contributed by atoms with van der Waals surface area (Å²) < 4.78 is 0. The van der Waals surface area contributed by atoms with Crippen LogP contribution in [-0.4, -0.2) is 28.5 Å². The van der Waals surface area contributed by atoms with Gasteiger partial charge in [0.2, 0.25) is 5.91 Å². The average molecular weight is 234 g/mol. The Bertz CT molecular complexity index is 375. The topological polar surface area (TPSA) is 66.9 Å². The zero-order valence-electron chi connectivity index (χ0n) is 10.2. The SMILES string of the molecule is C=CCNC(=O)C(C)NCc1cnc(C)cn1. The van der Waals surface area contributed by atoms with Gasteiger partial charge in [0.1, 0.15) is 0 Å². The van der Waals surface area contributed by atoms with Crippen molar-refractivity contribution in [3.63, 3.8) is 0 Å². The average Bonchev–Trinajstić information content (AvgIpc) is 2.34. The fourth-order valence-electron chi connectivity index (χ4n) is 1.19. The summed E-state index contributed by atoms with van der Waals surface area (Å²) in [6.07, 6.45) is 5.06. The Balaban J connectivity index is 2.37. The summed E-state index contributed by atoms with van der Waals surface area (Å²) >= 11 is 0. The van der Waals surface area contributed by atoms with Crippen molar-refractivity contribution in [2.24, 2.45) is 0 Å². The predicted molar refractivity (Wildman–Crippen MR) is 66.3 cm³/mol. The van der Waals surface area contributed by atoms with Gasteiger partial charge in [-0.1, -0.05) is 6.08 Å². The summed E-state index contributed by atoms with van der Waals surface area (Å²) in [6, 6.07) is -0.266. The fourth-order valence-corrected chi connectivity index (χ4v) is 1.19. The number of nitrogens with one attached hydrogen (secondary N) is 2. The lowest BCUT2D eigenvalue weighted by atomic mass is 10.3. The summed E-state index contributed by atoms with van der Waals surface area (Å²) in [6.45, 7) is 8.24. The van der Waals surface area contributed by atoms with Crippen molar-refractivity contribution in [2.45, 2.75) is 26.4 Å². The lowest BCUT2D eigenvalue weighted by Crippen LogP contribution is -2.41. The summed E-state index contributed by atoms with van der Waals surface area (Å²) in [5.41, 5.74) is 1.70. The van der Waals surface area contributed by atoms with E-state index in [1.165, 1.54) is 0 Å². The molecule has 1 amide bonds. The van der Waals surface area contributed by atoms with Crippen molar-refractivity contribution in [1.29, 1.82) is 0 Å². The van der Waals surface area contributed by atoms with Crippen molar-refractivity contribution in [3.05, 3.63) is 36.4 Å². The Morgan fingerprint density at radius 1 is 1.53 bits per heavy atom. The van der Waals surface area contributed by atoms with Gasteiger partial charge in [0.15, 0.2) is 0 Å². The molecular formula is C12H18N4O. The van der Waals surface area contributed by atoms with Gasteiger partial charge in [-0.25, -0.2) is 0 Å². The van der Waals surface area contributed by atoms with Crippen molar-refractivity contribution < 1.29 is 4.79 Å². The van der Waals surface area contributed by atoms with Crippen molar-refractivity contribution in [2.75, 3.05) is 6.54 Å². The first kappa shape index (κ1) is 13.3. The van der Waals surface area contributed by atoms with Crippen LogP contribution in [0.1, 0.15) is 18.3 Å². The molecule has 5 nitrogen and oxygen atoms in total. The largest absolute Gasteiger partial charge is 0.351 e. The number of aryl methyl sites for hydroxylation is 1. The molecule has 1 rings (SSSR count). The fraction of sp³-hybridized carbons (Fsp3) is 0.417. The van der Waals surface area contributed by atoms with Gasteiger partial charge in [-0.3, -0.25) is 14.8 Å². The number of carbonyl (C=O) groups is 1. The van der Waals surface area contributed by atoms with Crippen molar-refractivity contribution in [1.82, 2.24) is 20.6 Å². The highest BCUT2D eigenvalue weighted by atomic mass is 16.2. The molecule has 0 saturated carbocycles. The summed E-state index contributed by atoms with van der Waals surface area (Å²) in [5.74, 6) is -0.0510. The van der Waals surface area contributed by atoms with Crippen LogP contribution >= 0.6 is 0 Å². The van der Waals surface area contributed by atoms with E-state index < -0.39 is 0 Å². The zero-order valence-corrected chi connectivity index (χ0v) is 10.2. The van der Waals surface area contributed by atoms with Crippen LogP contribution in [0.25, 0.3) is 0 Å². The molecule has 5 heteroatoms. The van der Waals surface area contributed by atoms with E-state index in [1.807, 2.05) is 6.92 Å². The number of aromatic nitrogens is 2. The normalized spacial score (nSPS) is 11.9. The number of rotatable bonds is 6. The van der Waals surface area contributed by atoms with E-state index in [2.05, 4.69) is 27.2 Å². The number of carbonyl (C=O) groups excluding carboxylic acids is 1. The molecule has 0 aromatic carbocycles. The van der Waals surface area contributed by atoms with Crippen LogP contribution in [0.3, 0.4) is 0 Å². The Morgan fingerprint density at radius 2 is 2.29 bits per heavy atom. The summed E-state index contributed by atoms with van der Waals surface area (Å²) in [7, 11) is 0. The molecule has 1 atom stereocenters. The molecular weight excluding hydrogens is 216 g/mol. The Kier molecular flexibility index (Phi) is 5.29. The third kappa shape index (κ3) is 4.74. The van der Waals surface area contributed by atoms with Crippen LogP contribution in [-0.2, 0) is 11.3 Å². The molecule has 17 heavy (non-hydrogen) atoms. The van der Waals surface area contributed by atoms with Crippen molar-refractivity contribution >= 4 is 5.91 Å². The van der Waals surface area contributed by atoms with E-state index in [1.54, 1.807) is 25.4 Å². The molecule has 1 heterocycles. The third-order valence-corrected chi connectivity index (χ3v) is 2.24. The van der Waals surface area contributed by atoms with Crippen LogP contribution in [0.2, 0.25) is 0 Å². The van der Waals surface area contributed by atoms with Crippen LogP contribution in [0.15, 0.2) is 25.0 Å². The molecule has 0 bridgehead atoms. The Hall–Kier alpha value is -1.75. The molecule has 2 N–H and O–H groups in total. The second-order valence-electron chi connectivity index (χ2n) is 3.79. The molecule has 1 aromatic rings. The monoisotopic (exact) mass is 234 g/mol. The Labute approximate surface area is 101 Å². The quantitative estimate of drug-likeness (QED) is 0.706. The molecule has 0 spiro atoms. The minimum Gasteiger partial charge on any atom is -0.351 e. The van der Waals surface area contributed by atoms with E-state index in [-0.39, 0.29) is 11.9 Å². The first-order valence-corrected chi connectivity index (χ1v) is 5.53. The second kappa shape index (κ2) is 6.75. The standard InChI is InChI=1S/C12H18N4O/c1-4-5-13-12(17)10(3)15-8-11-7-14-9(2)6-16-11/h4,6-7,10,15H,1,5,8H2,2-3H3,(H,13,17). The molecule has 1 unspecified atom stereocenters. The van der Waals surface area contributed by atoms with E-state index in [9.17, 15) is 4.79 Å². The number of amides is 1. The molecule has 0 saturated heterocycles. The highest BCUT2D eigenvalue weighted by molar-refractivity contribution is 5.81. The molecule has 0 radical (unpaired) electrons. The predicted octanol–water partition coefficient (Wildman–Crippen LogP) is 0.565. The summed E-state index contributed by atoms with van der Waals surface area (Å²) in [4.78, 5) is 19.9. The molecule has 1 aromatic heterocycles. The van der Waals surface area contributed by atoms with E-state index in [0.717, 1.165) is 11.4 Å². The highest BCUT2D eigenvalue weighted by Gasteiger charge is 2.10. The van der Waals surface area contributed by atoms with Crippen molar-refractivity contribution in [3.8, 4) is 0 Å². The molecule has 0 aliphatic carbocycles. The van der Waals surface area contributed by atoms with Gasteiger partial charge in [-0.2, -0.15) is 0 Å². The number of nitrogens with zero attached hydrogens (tertiary/aromatic N) is 2. The van der Waals surface area contributed by atoms with Gasteiger partial charge in [0, 0.05) is 25.5 Å². The van der Waals surface area contributed by atoms with E-state index >= 15 is 0 Å². The molecule has 0 aliphatic rings. The van der Waals surface area contributed by atoms with Crippen LogP contribution < -0.4 is 10.6 Å². The maximum Gasteiger partial charge on any atom is 0.237 e. The second-order valence-corrected chi connectivity index (χ2v) is 3.79. The maximum atomic E-state index is 11.5. The minimum absolute atomic E-state index is 0.0510. The summed E-state index contributed by atoms with van der Waals surface area (Å²) in [5, 5.41) is 5.80. The van der Waals surface area contributed by atoms with E-state index in [0.29, 0.717) is 13.1 Å². The smallest absolute Gasteiger partial charge is 0.237 e. The van der Waals surface area contributed by atoms with Gasteiger partial charge in [-0.05, 0) is 13.8 Å².